The molecule has 1 saturated carbocycles. The van der Waals surface area contributed by atoms with Gasteiger partial charge in [0.25, 0.3) is 0 Å². The van der Waals surface area contributed by atoms with Crippen LogP contribution in [0, 0.1) is 0 Å². The number of guanidine groups is 1. The van der Waals surface area contributed by atoms with Gasteiger partial charge in [-0.15, -0.1) is 0 Å². The van der Waals surface area contributed by atoms with E-state index in [0.717, 1.165) is 36.3 Å². The minimum atomic E-state index is 0.535. The summed E-state index contributed by atoms with van der Waals surface area (Å²) in [4.78, 5) is 7.02. The minimum Gasteiger partial charge on any atom is -0.461 e. The van der Waals surface area contributed by atoms with E-state index in [1.165, 1.54) is 44.2 Å². The second kappa shape index (κ2) is 7.48. The van der Waals surface area contributed by atoms with Crippen LogP contribution in [0.25, 0.3) is 11.0 Å². The lowest BCUT2D eigenvalue weighted by molar-refractivity contribution is 0.197. The van der Waals surface area contributed by atoms with Gasteiger partial charge >= 0.3 is 0 Å². The maximum absolute atomic E-state index is 5.87. The van der Waals surface area contributed by atoms with Crippen LogP contribution in [0.5, 0.6) is 0 Å². The first kappa shape index (κ1) is 16.5. The van der Waals surface area contributed by atoms with Gasteiger partial charge in [0.05, 0.1) is 0 Å². The molecule has 25 heavy (non-hydrogen) atoms. The molecule has 4 rings (SSSR count). The monoisotopic (exact) mass is 340 g/mol. The van der Waals surface area contributed by atoms with Crippen LogP contribution in [0.3, 0.4) is 0 Å². The van der Waals surface area contributed by atoms with E-state index in [-0.39, 0.29) is 0 Å². The number of nitrogens with one attached hydrogen (secondary N) is 2. The Morgan fingerprint density at radius 1 is 1.20 bits per heavy atom. The lowest BCUT2D eigenvalue weighted by atomic mass is 10.1. The molecule has 2 aliphatic rings. The minimum absolute atomic E-state index is 0.535. The summed E-state index contributed by atoms with van der Waals surface area (Å²) in [5.74, 6) is 1.92. The molecule has 0 amide bonds. The molecule has 2 aromatic rings. The van der Waals surface area contributed by atoms with Crippen LogP contribution in [0.2, 0.25) is 0 Å². The van der Waals surface area contributed by atoms with E-state index in [1.807, 2.05) is 25.2 Å². The summed E-state index contributed by atoms with van der Waals surface area (Å²) < 4.78 is 5.87. The normalized spacial score (nSPS) is 20.1. The molecule has 5 heteroatoms. The van der Waals surface area contributed by atoms with Gasteiger partial charge in [-0.05, 0) is 37.8 Å². The summed E-state index contributed by atoms with van der Waals surface area (Å²) >= 11 is 0. The smallest absolute Gasteiger partial charge is 0.191 e. The van der Waals surface area contributed by atoms with Crippen LogP contribution in [-0.2, 0) is 6.42 Å². The van der Waals surface area contributed by atoms with E-state index in [2.05, 4.69) is 32.7 Å². The molecule has 1 saturated heterocycles. The average Bonchev–Trinajstić information content (AvgIpc) is 3.41. The highest BCUT2D eigenvalue weighted by atomic mass is 16.3. The van der Waals surface area contributed by atoms with Crippen molar-refractivity contribution >= 4 is 16.9 Å². The van der Waals surface area contributed by atoms with Crippen molar-refractivity contribution in [3.05, 3.63) is 36.1 Å². The lowest BCUT2D eigenvalue weighted by Gasteiger charge is -2.33. The van der Waals surface area contributed by atoms with Crippen molar-refractivity contribution < 1.29 is 4.42 Å². The molecule has 2 heterocycles. The highest BCUT2D eigenvalue weighted by molar-refractivity contribution is 5.80. The second-order valence-corrected chi connectivity index (χ2v) is 7.19. The van der Waals surface area contributed by atoms with E-state index >= 15 is 0 Å². The number of para-hydroxylation sites is 1. The highest BCUT2D eigenvalue weighted by Gasteiger charge is 2.31. The van der Waals surface area contributed by atoms with E-state index in [1.54, 1.807) is 0 Å². The molecule has 134 valence electrons. The number of hydrogen-bond donors (Lipinski definition) is 2. The lowest BCUT2D eigenvalue weighted by Crippen LogP contribution is -2.49. The highest BCUT2D eigenvalue weighted by Crippen LogP contribution is 2.29. The Bertz CT molecular complexity index is 693. The van der Waals surface area contributed by atoms with Gasteiger partial charge in [0, 0.05) is 50.6 Å². The number of rotatable bonds is 5. The van der Waals surface area contributed by atoms with Crippen LogP contribution < -0.4 is 10.6 Å². The summed E-state index contributed by atoms with van der Waals surface area (Å²) in [6, 6.07) is 11.7. The van der Waals surface area contributed by atoms with Crippen molar-refractivity contribution in [3.63, 3.8) is 0 Å². The molecule has 2 fully saturated rings. The van der Waals surface area contributed by atoms with Crippen molar-refractivity contribution in [1.82, 2.24) is 15.5 Å². The van der Waals surface area contributed by atoms with Gasteiger partial charge in [-0.2, -0.15) is 0 Å². The summed E-state index contributed by atoms with van der Waals surface area (Å²) in [6.45, 7) is 3.26. The zero-order valence-corrected chi connectivity index (χ0v) is 15.0. The molecule has 0 atom stereocenters. The van der Waals surface area contributed by atoms with Crippen molar-refractivity contribution in [2.75, 3.05) is 26.7 Å². The van der Waals surface area contributed by atoms with Gasteiger partial charge in [-0.25, -0.2) is 0 Å². The number of furan rings is 1. The Kier molecular flexibility index (Phi) is 4.92. The predicted molar refractivity (Wildman–Crippen MR) is 102 cm³/mol. The standard InChI is InChI=1S/C20H28N4O/c1-21-20(23-16-9-12-24(13-10-16)17-6-7-17)22-11-8-18-14-15-4-2-3-5-19(15)25-18/h2-5,14,16-17H,6-13H2,1H3,(H2,21,22,23). The number of aliphatic imine (C=N–C) groups is 1. The second-order valence-electron chi connectivity index (χ2n) is 7.19. The van der Waals surface area contributed by atoms with Gasteiger partial charge in [-0.1, -0.05) is 18.2 Å². The van der Waals surface area contributed by atoms with Crippen LogP contribution in [0.4, 0.5) is 0 Å². The molecule has 0 spiro atoms. The maximum atomic E-state index is 5.87. The number of benzene rings is 1. The van der Waals surface area contributed by atoms with Crippen molar-refractivity contribution in [2.24, 2.45) is 4.99 Å². The van der Waals surface area contributed by atoms with Crippen LogP contribution in [0.15, 0.2) is 39.7 Å². The summed E-state index contributed by atoms with van der Waals surface area (Å²) in [5.41, 5.74) is 0.961. The van der Waals surface area contributed by atoms with Crippen molar-refractivity contribution in [1.29, 1.82) is 0 Å². The molecule has 1 aromatic heterocycles. The molecule has 2 N–H and O–H groups in total. The molecule has 0 bridgehead atoms. The van der Waals surface area contributed by atoms with E-state index < -0.39 is 0 Å². The number of fused-ring (bicyclic) bond motifs is 1. The van der Waals surface area contributed by atoms with E-state index in [4.69, 9.17) is 4.42 Å². The molecular weight excluding hydrogens is 312 g/mol. The summed E-state index contributed by atoms with van der Waals surface area (Å²) in [5, 5.41) is 8.17. The Morgan fingerprint density at radius 3 is 2.72 bits per heavy atom. The first-order valence-electron chi connectivity index (χ1n) is 9.50. The molecular formula is C20H28N4O. The predicted octanol–water partition coefficient (Wildman–Crippen LogP) is 2.77. The number of likely N-dealkylation sites (tertiary alicyclic amines) is 1. The fraction of sp³-hybridized carbons (Fsp3) is 0.550. The molecule has 0 unspecified atom stereocenters. The maximum Gasteiger partial charge on any atom is 0.191 e. The van der Waals surface area contributed by atoms with Crippen LogP contribution in [0.1, 0.15) is 31.4 Å². The van der Waals surface area contributed by atoms with E-state index in [0.29, 0.717) is 6.04 Å². The van der Waals surface area contributed by atoms with Crippen LogP contribution >= 0.6 is 0 Å². The molecule has 0 radical (unpaired) electrons. The largest absolute Gasteiger partial charge is 0.461 e. The third-order valence-corrected chi connectivity index (χ3v) is 5.30. The first-order chi connectivity index (χ1) is 12.3. The zero-order valence-electron chi connectivity index (χ0n) is 15.0. The van der Waals surface area contributed by atoms with Crippen LogP contribution in [-0.4, -0.2) is 49.6 Å². The van der Waals surface area contributed by atoms with Gasteiger partial charge < -0.3 is 20.0 Å². The average molecular weight is 340 g/mol. The summed E-state index contributed by atoms with van der Waals surface area (Å²) in [7, 11) is 1.84. The Labute approximate surface area is 149 Å². The Hall–Kier alpha value is -2.01. The summed E-state index contributed by atoms with van der Waals surface area (Å²) in [6.07, 6.45) is 6.09. The Morgan fingerprint density at radius 2 is 2.00 bits per heavy atom. The fourth-order valence-corrected chi connectivity index (χ4v) is 3.70. The molecule has 1 aliphatic carbocycles. The zero-order chi connectivity index (χ0) is 17.1. The topological polar surface area (TPSA) is 52.8 Å². The molecule has 5 nitrogen and oxygen atoms in total. The van der Waals surface area contributed by atoms with Gasteiger partial charge in [0.2, 0.25) is 0 Å². The number of hydrogen-bond acceptors (Lipinski definition) is 3. The van der Waals surface area contributed by atoms with Gasteiger partial charge in [0.15, 0.2) is 5.96 Å². The van der Waals surface area contributed by atoms with Crippen molar-refractivity contribution in [2.45, 2.75) is 44.2 Å². The van der Waals surface area contributed by atoms with Crippen molar-refractivity contribution in [3.8, 4) is 0 Å². The number of nitrogens with zero attached hydrogens (tertiary/aromatic N) is 2. The molecule has 1 aliphatic heterocycles. The first-order valence-corrected chi connectivity index (χ1v) is 9.50. The SMILES string of the molecule is CN=C(NCCc1cc2ccccc2o1)NC1CCN(C2CC2)CC1. The Balaban J connectivity index is 1.22. The fourth-order valence-electron chi connectivity index (χ4n) is 3.70. The van der Waals surface area contributed by atoms with Gasteiger partial charge in [0.1, 0.15) is 11.3 Å². The van der Waals surface area contributed by atoms with Gasteiger partial charge in [-0.3, -0.25) is 4.99 Å². The van der Waals surface area contributed by atoms with E-state index in [9.17, 15) is 0 Å². The molecule has 1 aromatic carbocycles. The third-order valence-electron chi connectivity index (χ3n) is 5.30. The number of piperidine rings is 1. The third kappa shape index (κ3) is 4.15. The quantitative estimate of drug-likeness (QED) is 0.649.